The molecule has 2 amide bonds. The average Bonchev–Trinajstić information content (AvgIpc) is 2.61. The summed E-state index contributed by atoms with van der Waals surface area (Å²) in [5, 5.41) is 2.21. The van der Waals surface area contributed by atoms with Gasteiger partial charge in [-0.1, -0.05) is 39.0 Å². The van der Waals surface area contributed by atoms with Crippen molar-refractivity contribution in [1.82, 2.24) is 0 Å². The molecular weight excluding hydrogens is 369 g/mol. The quantitative estimate of drug-likeness (QED) is 0.745. The van der Waals surface area contributed by atoms with E-state index >= 15 is 0 Å². The first-order chi connectivity index (χ1) is 13.0. The number of nitrogens with zero attached hydrogens (tertiary/aromatic N) is 1. The number of carbonyl (C=O) groups excluding carboxylic acids is 2. The fraction of sp³-hybridized carbons (Fsp3) is 0.333. The van der Waals surface area contributed by atoms with Crippen molar-refractivity contribution >= 4 is 23.2 Å². The van der Waals surface area contributed by atoms with Gasteiger partial charge in [0.05, 0.1) is 5.69 Å². The Labute approximate surface area is 162 Å². The third-order valence-electron chi connectivity index (χ3n) is 4.25. The fourth-order valence-electron chi connectivity index (χ4n) is 2.84. The maximum absolute atomic E-state index is 13.7. The van der Waals surface area contributed by atoms with Crippen LogP contribution < -0.4 is 10.2 Å². The van der Waals surface area contributed by atoms with Crippen LogP contribution in [0.4, 0.5) is 24.5 Å². The van der Waals surface area contributed by atoms with Crippen molar-refractivity contribution in [3.8, 4) is 0 Å². The van der Waals surface area contributed by atoms with Gasteiger partial charge >= 0.3 is 0 Å². The summed E-state index contributed by atoms with van der Waals surface area (Å²) in [6.07, 6.45) is -0.142. The minimum absolute atomic E-state index is 0.0551. The third kappa shape index (κ3) is 4.91. The van der Waals surface area contributed by atoms with E-state index in [9.17, 15) is 22.8 Å². The van der Waals surface area contributed by atoms with E-state index in [4.69, 9.17) is 0 Å². The van der Waals surface area contributed by atoms with Gasteiger partial charge < -0.3 is 10.2 Å². The Kier molecular flexibility index (Phi) is 6.48. The molecule has 0 saturated heterocycles. The van der Waals surface area contributed by atoms with E-state index in [-0.39, 0.29) is 24.3 Å². The first-order valence-electron chi connectivity index (χ1n) is 8.83. The summed E-state index contributed by atoms with van der Waals surface area (Å²) >= 11 is 0. The molecule has 2 aromatic carbocycles. The zero-order valence-electron chi connectivity index (χ0n) is 16.3. The van der Waals surface area contributed by atoms with E-state index in [0.29, 0.717) is 5.69 Å². The summed E-state index contributed by atoms with van der Waals surface area (Å²) in [6, 6.07) is 9.08. The van der Waals surface area contributed by atoms with Crippen molar-refractivity contribution in [3.63, 3.8) is 0 Å². The maximum atomic E-state index is 13.7. The van der Waals surface area contributed by atoms with Gasteiger partial charge in [-0.25, -0.2) is 13.2 Å². The summed E-state index contributed by atoms with van der Waals surface area (Å²) < 4.78 is 40.0. The van der Waals surface area contributed by atoms with Crippen LogP contribution in [0.3, 0.4) is 0 Å². The van der Waals surface area contributed by atoms with Gasteiger partial charge in [0.15, 0.2) is 17.5 Å². The van der Waals surface area contributed by atoms with Gasteiger partial charge in [-0.3, -0.25) is 9.59 Å². The number of amides is 2. The van der Waals surface area contributed by atoms with Crippen LogP contribution in [0.1, 0.15) is 39.7 Å². The van der Waals surface area contributed by atoms with Gasteiger partial charge in [-0.05, 0) is 29.2 Å². The molecule has 0 aliphatic carbocycles. The van der Waals surface area contributed by atoms with Crippen molar-refractivity contribution in [2.75, 3.05) is 16.8 Å². The lowest BCUT2D eigenvalue weighted by molar-refractivity contribution is -0.117. The summed E-state index contributed by atoms with van der Waals surface area (Å²) in [5.41, 5.74) is 0.960. The Hall–Kier alpha value is -2.83. The monoisotopic (exact) mass is 392 g/mol. The molecule has 0 fully saturated rings. The highest BCUT2D eigenvalue weighted by molar-refractivity contribution is 5.95. The van der Waals surface area contributed by atoms with Crippen LogP contribution >= 0.6 is 0 Å². The number of para-hydroxylation sites is 1. The molecule has 0 aliphatic heterocycles. The van der Waals surface area contributed by atoms with E-state index in [0.717, 1.165) is 17.7 Å². The minimum atomic E-state index is -1.65. The van der Waals surface area contributed by atoms with E-state index in [1.54, 1.807) is 12.1 Å². The SMILES string of the molecule is CC(=O)N(CCC(=O)Nc1ccc(F)c(F)c1F)c1ccccc1C(C)(C)C. The maximum Gasteiger partial charge on any atom is 0.226 e. The van der Waals surface area contributed by atoms with Crippen molar-refractivity contribution in [2.24, 2.45) is 0 Å². The molecule has 4 nitrogen and oxygen atoms in total. The Bertz CT molecular complexity index is 892. The second-order valence-electron chi connectivity index (χ2n) is 7.46. The zero-order chi connectivity index (χ0) is 21.1. The molecular formula is C21H23F3N2O2. The molecule has 0 heterocycles. The van der Waals surface area contributed by atoms with Gasteiger partial charge in [0.1, 0.15) is 0 Å². The average molecular weight is 392 g/mol. The number of rotatable bonds is 5. The highest BCUT2D eigenvalue weighted by Crippen LogP contribution is 2.32. The number of hydrogen-bond acceptors (Lipinski definition) is 2. The highest BCUT2D eigenvalue weighted by atomic mass is 19.2. The van der Waals surface area contributed by atoms with Crippen LogP contribution in [0.15, 0.2) is 36.4 Å². The topological polar surface area (TPSA) is 49.4 Å². The standard InChI is InChI=1S/C21H23F3N2O2/c1-13(27)26(17-8-6-5-7-14(17)21(2,3)4)12-11-18(28)25-16-10-9-15(22)19(23)20(16)24/h5-10H,11-12H2,1-4H3,(H,25,28). The van der Waals surface area contributed by atoms with Crippen LogP contribution in [0.25, 0.3) is 0 Å². The largest absolute Gasteiger partial charge is 0.323 e. The first kappa shape index (κ1) is 21.5. The molecule has 0 saturated carbocycles. The van der Waals surface area contributed by atoms with Crippen LogP contribution in [0.5, 0.6) is 0 Å². The molecule has 0 aliphatic rings. The predicted molar refractivity (Wildman–Crippen MR) is 103 cm³/mol. The summed E-state index contributed by atoms with van der Waals surface area (Å²) in [6.45, 7) is 7.50. The summed E-state index contributed by atoms with van der Waals surface area (Å²) in [7, 11) is 0. The van der Waals surface area contributed by atoms with Crippen LogP contribution in [0, 0.1) is 17.5 Å². The molecule has 7 heteroatoms. The van der Waals surface area contributed by atoms with Gasteiger partial charge in [-0.15, -0.1) is 0 Å². The Balaban J connectivity index is 2.16. The molecule has 0 bridgehead atoms. The Morgan fingerprint density at radius 3 is 2.25 bits per heavy atom. The Morgan fingerprint density at radius 2 is 1.64 bits per heavy atom. The second kappa shape index (κ2) is 8.46. The van der Waals surface area contributed by atoms with Crippen LogP contribution in [0.2, 0.25) is 0 Å². The molecule has 2 aromatic rings. The van der Waals surface area contributed by atoms with E-state index in [1.807, 2.05) is 32.9 Å². The van der Waals surface area contributed by atoms with E-state index in [1.165, 1.54) is 11.8 Å². The van der Waals surface area contributed by atoms with Crippen LogP contribution in [-0.2, 0) is 15.0 Å². The van der Waals surface area contributed by atoms with Gasteiger partial charge in [0.25, 0.3) is 0 Å². The fourth-order valence-corrected chi connectivity index (χ4v) is 2.84. The van der Waals surface area contributed by atoms with E-state index in [2.05, 4.69) is 5.32 Å². The number of nitrogens with one attached hydrogen (secondary N) is 1. The van der Waals surface area contributed by atoms with Gasteiger partial charge in [0, 0.05) is 25.6 Å². The van der Waals surface area contributed by atoms with Crippen molar-refractivity contribution in [1.29, 1.82) is 0 Å². The molecule has 0 unspecified atom stereocenters. The number of anilines is 2. The van der Waals surface area contributed by atoms with E-state index < -0.39 is 29.0 Å². The van der Waals surface area contributed by atoms with Crippen LogP contribution in [-0.4, -0.2) is 18.4 Å². The van der Waals surface area contributed by atoms with Gasteiger partial charge in [-0.2, -0.15) is 0 Å². The lowest BCUT2D eigenvalue weighted by Gasteiger charge is -2.29. The third-order valence-corrected chi connectivity index (χ3v) is 4.25. The normalized spacial score (nSPS) is 11.2. The smallest absolute Gasteiger partial charge is 0.226 e. The molecule has 28 heavy (non-hydrogen) atoms. The lowest BCUT2D eigenvalue weighted by Crippen LogP contribution is -2.34. The molecule has 150 valence electrons. The molecule has 0 atom stereocenters. The number of benzene rings is 2. The van der Waals surface area contributed by atoms with Crippen molar-refractivity contribution in [2.45, 2.75) is 39.5 Å². The van der Waals surface area contributed by atoms with Crippen molar-refractivity contribution in [3.05, 3.63) is 59.4 Å². The molecule has 1 N–H and O–H groups in total. The predicted octanol–water partition coefficient (Wildman–Crippen LogP) is 4.78. The summed E-state index contributed by atoms with van der Waals surface area (Å²) in [5.74, 6) is -5.32. The zero-order valence-corrected chi connectivity index (χ0v) is 16.3. The first-order valence-corrected chi connectivity index (χ1v) is 8.83. The van der Waals surface area contributed by atoms with Crippen molar-refractivity contribution < 1.29 is 22.8 Å². The minimum Gasteiger partial charge on any atom is -0.323 e. The molecule has 0 aromatic heterocycles. The molecule has 0 radical (unpaired) electrons. The molecule has 2 rings (SSSR count). The Morgan fingerprint density at radius 1 is 1.00 bits per heavy atom. The summed E-state index contributed by atoms with van der Waals surface area (Å²) in [4.78, 5) is 25.8. The second-order valence-corrected chi connectivity index (χ2v) is 7.46. The number of hydrogen-bond donors (Lipinski definition) is 1. The van der Waals surface area contributed by atoms with Gasteiger partial charge in [0.2, 0.25) is 11.8 Å². The molecule has 0 spiro atoms. The number of halogens is 3. The highest BCUT2D eigenvalue weighted by Gasteiger charge is 2.23. The number of carbonyl (C=O) groups is 2. The lowest BCUT2D eigenvalue weighted by atomic mass is 9.85.